The third-order valence-corrected chi connectivity index (χ3v) is 4.64. The monoisotopic (exact) mass is 377 g/mol. The lowest BCUT2D eigenvalue weighted by Gasteiger charge is -2.33. The Kier molecular flexibility index (Phi) is 5.20. The van der Waals surface area contributed by atoms with E-state index in [0.29, 0.717) is 17.5 Å². The summed E-state index contributed by atoms with van der Waals surface area (Å²) in [5, 5.41) is 8.45. The van der Waals surface area contributed by atoms with Crippen molar-refractivity contribution in [1.82, 2.24) is 25.1 Å². The SMILES string of the molecule is CN1CCN(c2cc(Nc3cc(=O)[nH][nH]3)nc(/C=C/c3ccccc3)n2)CC1. The zero-order valence-electron chi connectivity index (χ0n) is 15.7. The smallest absolute Gasteiger partial charge is 0.266 e. The number of anilines is 3. The van der Waals surface area contributed by atoms with Crippen LogP contribution in [0, 0.1) is 0 Å². The normalized spacial score (nSPS) is 15.2. The summed E-state index contributed by atoms with van der Waals surface area (Å²) in [6.45, 7) is 3.81. The van der Waals surface area contributed by atoms with Crippen LogP contribution in [0.3, 0.4) is 0 Å². The van der Waals surface area contributed by atoms with Crippen LogP contribution in [0.2, 0.25) is 0 Å². The standard InChI is InChI=1S/C20H23N7O/c1-26-9-11-27(12-10-26)19-13-17(22-18-14-20(28)25-24-18)21-16(23-19)8-7-15-5-3-2-4-6-15/h2-8,13-14H,9-12H2,1H3,(H3,21,22,23,24,25,28)/b8-7+. The molecule has 2 aromatic heterocycles. The molecule has 28 heavy (non-hydrogen) atoms. The third kappa shape index (κ3) is 4.47. The molecule has 8 heteroatoms. The molecular weight excluding hydrogens is 354 g/mol. The number of rotatable bonds is 5. The minimum absolute atomic E-state index is 0.194. The zero-order valence-corrected chi connectivity index (χ0v) is 15.7. The zero-order chi connectivity index (χ0) is 19.3. The van der Waals surface area contributed by atoms with Gasteiger partial charge >= 0.3 is 0 Å². The number of aromatic amines is 2. The quantitative estimate of drug-likeness (QED) is 0.631. The Hall–Kier alpha value is -3.39. The first-order chi connectivity index (χ1) is 13.7. The maximum Gasteiger partial charge on any atom is 0.266 e. The summed E-state index contributed by atoms with van der Waals surface area (Å²) >= 11 is 0. The molecule has 1 saturated heterocycles. The van der Waals surface area contributed by atoms with Crippen molar-refractivity contribution in [2.45, 2.75) is 0 Å². The summed E-state index contributed by atoms with van der Waals surface area (Å²) in [6.07, 6.45) is 3.89. The molecule has 1 aromatic carbocycles. The van der Waals surface area contributed by atoms with E-state index < -0.39 is 0 Å². The third-order valence-electron chi connectivity index (χ3n) is 4.64. The molecule has 8 nitrogen and oxygen atoms in total. The van der Waals surface area contributed by atoms with Crippen LogP contribution in [0.4, 0.5) is 17.5 Å². The molecule has 0 radical (unpaired) electrons. The van der Waals surface area contributed by atoms with Gasteiger partial charge in [-0.05, 0) is 18.7 Å². The van der Waals surface area contributed by atoms with Crippen LogP contribution < -0.4 is 15.8 Å². The lowest BCUT2D eigenvalue weighted by atomic mass is 10.2. The Morgan fingerprint density at radius 2 is 1.79 bits per heavy atom. The van der Waals surface area contributed by atoms with Gasteiger partial charge in [0.25, 0.3) is 5.56 Å². The molecular formula is C20H23N7O. The summed E-state index contributed by atoms with van der Waals surface area (Å²) in [5.74, 6) is 2.68. The van der Waals surface area contributed by atoms with Gasteiger partial charge < -0.3 is 15.1 Å². The largest absolute Gasteiger partial charge is 0.354 e. The van der Waals surface area contributed by atoms with Crippen molar-refractivity contribution >= 4 is 29.6 Å². The molecule has 0 saturated carbocycles. The van der Waals surface area contributed by atoms with Gasteiger partial charge in [-0.15, -0.1) is 0 Å². The molecule has 0 unspecified atom stereocenters. The van der Waals surface area contributed by atoms with Crippen molar-refractivity contribution in [3.8, 4) is 0 Å². The van der Waals surface area contributed by atoms with Crippen LogP contribution in [-0.2, 0) is 0 Å². The highest BCUT2D eigenvalue weighted by atomic mass is 16.1. The molecule has 3 aromatic rings. The number of benzene rings is 1. The van der Waals surface area contributed by atoms with Gasteiger partial charge in [-0.1, -0.05) is 36.4 Å². The Labute approximate surface area is 162 Å². The van der Waals surface area contributed by atoms with Crippen molar-refractivity contribution in [3.05, 3.63) is 64.2 Å². The Morgan fingerprint density at radius 1 is 1.00 bits per heavy atom. The first kappa shape index (κ1) is 18.0. The van der Waals surface area contributed by atoms with Gasteiger partial charge in [0.1, 0.15) is 17.5 Å². The summed E-state index contributed by atoms with van der Waals surface area (Å²) < 4.78 is 0. The highest BCUT2D eigenvalue weighted by molar-refractivity contribution is 5.68. The van der Waals surface area contributed by atoms with Crippen LogP contribution in [0.1, 0.15) is 11.4 Å². The van der Waals surface area contributed by atoms with Crippen molar-refractivity contribution in [2.75, 3.05) is 43.4 Å². The van der Waals surface area contributed by atoms with Gasteiger partial charge in [0.15, 0.2) is 5.82 Å². The second-order valence-electron chi connectivity index (χ2n) is 6.80. The van der Waals surface area contributed by atoms with Crippen LogP contribution in [0.15, 0.2) is 47.3 Å². The molecule has 3 heterocycles. The second-order valence-corrected chi connectivity index (χ2v) is 6.80. The van der Waals surface area contributed by atoms with E-state index in [1.807, 2.05) is 48.6 Å². The molecule has 0 bridgehead atoms. The van der Waals surface area contributed by atoms with E-state index in [-0.39, 0.29) is 5.56 Å². The van der Waals surface area contributed by atoms with E-state index in [1.54, 1.807) is 0 Å². The topological polar surface area (TPSA) is 92.9 Å². The predicted molar refractivity (Wildman–Crippen MR) is 112 cm³/mol. The number of H-pyrrole nitrogens is 2. The van der Waals surface area contributed by atoms with Crippen LogP contribution in [0.25, 0.3) is 12.2 Å². The number of hydrogen-bond donors (Lipinski definition) is 3. The van der Waals surface area contributed by atoms with Crippen molar-refractivity contribution in [1.29, 1.82) is 0 Å². The van der Waals surface area contributed by atoms with Gasteiger partial charge in [-0.2, -0.15) is 0 Å². The fraction of sp³-hybridized carbons (Fsp3) is 0.250. The number of piperazine rings is 1. The van der Waals surface area contributed by atoms with Crippen molar-refractivity contribution in [2.24, 2.45) is 0 Å². The fourth-order valence-corrected chi connectivity index (χ4v) is 3.06. The van der Waals surface area contributed by atoms with Crippen molar-refractivity contribution < 1.29 is 0 Å². The number of likely N-dealkylation sites (N-methyl/N-ethyl adjacent to an activating group) is 1. The highest BCUT2D eigenvalue weighted by Crippen LogP contribution is 2.20. The number of nitrogens with one attached hydrogen (secondary N) is 3. The first-order valence-corrected chi connectivity index (χ1v) is 9.26. The molecule has 1 fully saturated rings. The van der Waals surface area contributed by atoms with E-state index in [1.165, 1.54) is 6.07 Å². The van der Waals surface area contributed by atoms with Gasteiger partial charge in [0, 0.05) is 38.3 Å². The molecule has 3 N–H and O–H groups in total. The minimum Gasteiger partial charge on any atom is -0.354 e. The number of hydrogen-bond acceptors (Lipinski definition) is 6. The maximum absolute atomic E-state index is 11.4. The summed E-state index contributed by atoms with van der Waals surface area (Å²) in [7, 11) is 2.13. The summed E-state index contributed by atoms with van der Waals surface area (Å²) in [4.78, 5) is 25.2. The summed E-state index contributed by atoms with van der Waals surface area (Å²) in [5.41, 5.74) is 0.889. The number of nitrogens with zero attached hydrogens (tertiary/aromatic N) is 4. The molecule has 0 atom stereocenters. The average Bonchev–Trinajstić information content (AvgIpc) is 3.12. The van der Waals surface area contributed by atoms with Gasteiger partial charge in [0.05, 0.1) is 0 Å². The van der Waals surface area contributed by atoms with Crippen LogP contribution in [-0.4, -0.2) is 58.3 Å². The lowest BCUT2D eigenvalue weighted by molar-refractivity contribution is 0.312. The maximum atomic E-state index is 11.4. The molecule has 0 amide bonds. The van der Waals surface area contributed by atoms with Crippen molar-refractivity contribution in [3.63, 3.8) is 0 Å². The molecule has 0 aliphatic carbocycles. The predicted octanol–water partition coefficient (Wildman–Crippen LogP) is 2.16. The molecule has 144 valence electrons. The molecule has 4 rings (SSSR count). The Morgan fingerprint density at radius 3 is 2.50 bits per heavy atom. The van der Waals surface area contributed by atoms with Gasteiger partial charge in [0.2, 0.25) is 0 Å². The minimum atomic E-state index is -0.194. The Bertz CT molecular complexity index is 1000. The van der Waals surface area contributed by atoms with Crippen LogP contribution in [0.5, 0.6) is 0 Å². The van der Waals surface area contributed by atoms with E-state index >= 15 is 0 Å². The van der Waals surface area contributed by atoms with Gasteiger partial charge in [-0.3, -0.25) is 15.0 Å². The van der Waals surface area contributed by atoms with E-state index in [4.69, 9.17) is 4.98 Å². The number of aromatic nitrogens is 4. The Balaban J connectivity index is 1.63. The average molecular weight is 377 g/mol. The highest BCUT2D eigenvalue weighted by Gasteiger charge is 2.17. The molecule has 0 spiro atoms. The van der Waals surface area contributed by atoms with E-state index in [9.17, 15) is 4.79 Å². The fourth-order valence-electron chi connectivity index (χ4n) is 3.06. The van der Waals surface area contributed by atoms with E-state index in [0.717, 1.165) is 37.6 Å². The first-order valence-electron chi connectivity index (χ1n) is 9.26. The molecule has 1 aliphatic heterocycles. The van der Waals surface area contributed by atoms with E-state index in [2.05, 4.69) is 37.3 Å². The molecule has 1 aliphatic rings. The lowest BCUT2D eigenvalue weighted by Crippen LogP contribution is -2.44. The van der Waals surface area contributed by atoms with Crippen LogP contribution >= 0.6 is 0 Å². The summed E-state index contributed by atoms with van der Waals surface area (Å²) in [6, 6.07) is 13.4. The second kappa shape index (κ2) is 8.10. The van der Waals surface area contributed by atoms with Gasteiger partial charge in [-0.25, -0.2) is 9.97 Å².